The quantitative estimate of drug-likeness (QED) is 0.848. The summed E-state index contributed by atoms with van der Waals surface area (Å²) in [5.41, 5.74) is 3.95. The van der Waals surface area contributed by atoms with Gasteiger partial charge in [-0.05, 0) is 51.1 Å². The molecule has 0 heterocycles. The number of aliphatic hydroxyl groups excluding tert-OH is 1. The largest absolute Gasteiger partial charge is 0.396 e. The van der Waals surface area contributed by atoms with E-state index < -0.39 is 0 Å². The van der Waals surface area contributed by atoms with Crippen LogP contribution in [0.3, 0.4) is 0 Å². The van der Waals surface area contributed by atoms with Gasteiger partial charge in [-0.2, -0.15) is 0 Å². The molecule has 2 heteroatoms. The first-order valence-corrected chi connectivity index (χ1v) is 6.35. The van der Waals surface area contributed by atoms with Crippen LogP contribution in [0, 0.1) is 19.8 Å². The number of nitrogens with zero attached hydrogens (tertiary/aromatic N) is 1. The van der Waals surface area contributed by atoms with Gasteiger partial charge in [-0.3, -0.25) is 0 Å². The second-order valence-electron chi connectivity index (χ2n) is 5.10. The van der Waals surface area contributed by atoms with Crippen LogP contribution in [-0.4, -0.2) is 30.7 Å². The third-order valence-electron chi connectivity index (χ3n) is 3.63. The van der Waals surface area contributed by atoms with Crippen LogP contribution in [0.2, 0.25) is 0 Å². The summed E-state index contributed by atoms with van der Waals surface area (Å²) in [6, 6.07) is 6.90. The van der Waals surface area contributed by atoms with E-state index in [2.05, 4.69) is 58.0 Å². The van der Waals surface area contributed by atoms with E-state index in [9.17, 15) is 5.11 Å². The van der Waals surface area contributed by atoms with E-state index in [1.54, 1.807) is 0 Å². The van der Waals surface area contributed by atoms with Crippen LogP contribution >= 0.6 is 0 Å². The van der Waals surface area contributed by atoms with E-state index in [0.29, 0.717) is 12.0 Å². The zero-order valence-corrected chi connectivity index (χ0v) is 11.7. The topological polar surface area (TPSA) is 23.5 Å². The molecule has 0 amide bonds. The Morgan fingerprint density at radius 3 is 2.24 bits per heavy atom. The Hall–Kier alpha value is -0.860. The number of aryl methyl sites for hydroxylation is 2. The average molecular weight is 235 g/mol. The first kappa shape index (κ1) is 14.2. The minimum absolute atomic E-state index is 0.242. The smallest absolute Gasteiger partial charge is 0.0477 e. The maximum atomic E-state index is 9.50. The van der Waals surface area contributed by atoms with Crippen LogP contribution in [0.1, 0.15) is 36.1 Å². The van der Waals surface area contributed by atoms with Gasteiger partial charge < -0.3 is 10.0 Å². The average Bonchev–Trinajstić information content (AvgIpc) is 2.29. The first-order valence-electron chi connectivity index (χ1n) is 6.35. The molecule has 0 aliphatic heterocycles. The van der Waals surface area contributed by atoms with Gasteiger partial charge in [0.2, 0.25) is 0 Å². The molecule has 2 nitrogen and oxygen atoms in total. The first-order chi connectivity index (χ1) is 8.01. The molecule has 0 aliphatic rings. The highest BCUT2D eigenvalue weighted by Crippen LogP contribution is 2.29. The lowest BCUT2D eigenvalue weighted by Crippen LogP contribution is -2.29. The summed E-state index contributed by atoms with van der Waals surface area (Å²) < 4.78 is 0. The molecule has 2 unspecified atom stereocenters. The lowest BCUT2D eigenvalue weighted by atomic mass is 9.89. The second kappa shape index (κ2) is 6.18. The Balaban J connectivity index is 3.09. The molecule has 0 bridgehead atoms. The molecule has 1 aromatic rings. The molecule has 1 N–H and O–H groups in total. The van der Waals surface area contributed by atoms with E-state index in [4.69, 9.17) is 0 Å². The number of hydrogen-bond acceptors (Lipinski definition) is 2. The molecular weight excluding hydrogens is 210 g/mol. The van der Waals surface area contributed by atoms with Gasteiger partial charge in [-0.25, -0.2) is 0 Å². The van der Waals surface area contributed by atoms with Crippen molar-refractivity contribution in [3.8, 4) is 0 Å². The maximum absolute atomic E-state index is 9.50. The van der Waals surface area contributed by atoms with Gasteiger partial charge in [0.25, 0.3) is 0 Å². The molecule has 17 heavy (non-hydrogen) atoms. The highest BCUT2D eigenvalue weighted by atomic mass is 16.3. The molecular formula is C15H25NO. The zero-order chi connectivity index (χ0) is 13.0. The van der Waals surface area contributed by atoms with Crippen LogP contribution in [0.5, 0.6) is 0 Å². The summed E-state index contributed by atoms with van der Waals surface area (Å²) in [4.78, 5) is 2.20. The summed E-state index contributed by atoms with van der Waals surface area (Å²) in [5, 5.41) is 9.50. The molecule has 0 aliphatic carbocycles. The third kappa shape index (κ3) is 3.30. The fourth-order valence-corrected chi connectivity index (χ4v) is 2.39. The lowest BCUT2D eigenvalue weighted by molar-refractivity contribution is 0.130. The van der Waals surface area contributed by atoms with Crippen LogP contribution in [0.4, 0.5) is 0 Å². The molecule has 0 aromatic heterocycles. The van der Waals surface area contributed by atoms with E-state index >= 15 is 0 Å². The summed E-state index contributed by atoms with van der Waals surface area (Å²) in [6.45, 7) is 6.66. The highest BCUT2D eigenvalue weighted by molar-refractivity contribution is 5.32. The Bertz CT molecular complexity index is 356. The fourth-order valence-electron chi connectivity index (χ4n) is 2.39. The predicted octanol–water partition coefficient (Wildman–Crippen LogP) is 2.92. The van der Waals surface area contributed by atoms with Gasteiger partial charge in [0.1, 0.15) is 0 Å². The fraction of sp³-hybridized carbons (Fsp3) is 0.600. The van der Waals surface area contributed by atoms with E-state index in [0.717, 1.165) is 6.42 Å². The second-order valence-corrected chi connectivity index (χ2v) is 5.10. The summed E-state index contributed by atoms with van der Waals surface area (Å²) in [7, 11) is 4.16. The van der Waals surface area contributed by atoms with Gasteiger partial charge in [0.05, 0.1) is 0 Å². The Labute approximate surface area is 105 Å². The van der Waals surface area contributed by atoms with Crippen molar-refractivity contribution in [3.63, 3.8) is 0 Å². The predicted molar refractivity (Wildman–Crippen MR) is 73.2 cm³/mol. The van der Waals surface area contributed by atoms with Crippen molar-refractivity contribution in [1.29, 1.82) is 0 Å². The summed E-state index contributed by atoms with van der Waals surface area (Å²) in [5.74, 6) is 0.298. The van der Waals surface area contributed by atoms with Crippen molar-refractivity contribution in [2.45, 2.75) is 33.2 Å². The van der Waals surface area contributed by atoms with E-state index in [-0.39, 0.29) is 6.61 Å². The number of aliphatic hydroxyl groups is 1. The molecule has 0 fully saturated rings. The van der Waals surface area contributed by atoms with Crippen LogP contribution in [0.15, 0.2) is 18.2 Å². The molecule has 1 aromatic carbocycles. The third-order valence-corrected chi connectivity index (χ3v) is 3.63. The van der Waals surface area contributed by atoms with Gasteiger partial charge in [0.15, 0.2) is 0 Å². The van der Waals surface area contributed by atoms with Gasteiger partial charge in [-0.15, -0.1) is 0 Å². The van der Waals surface area contributed by atoms with Crippen molar-refractivity contribution in [2.24, 2.45) is 5.92 Å². The van der Waals surface area contributed by atoms with Gasteiger partial charge in [0, 0.05) is 18.6 Å². The van der Waals surface area contributed by atoms with Crippen molar-refractivity contribution in [3.05, 3.63) is 34.9 Å². The molecule has 0 spiro atoms. The van der Waals surface area contributed by atoms with Crippen LogP contribution in [0.25, 0.3) is 0 Å². The van der Waals surface area contributed by atoms with Crippen LogP contribution in [-0.2, 0) is 0 Å². The molecule has 0 radical (unpaired) electrons. The monoisotopic (exact) mass is 235 g/mol. The Kier molecular flexibility index (Phi) is 5.16. The Morgan fingerprint density at radius 2 is 1.82 bits per heavy atom. The summed E-state index contributed by atoms with van der Waals surface area (Å²) in [6.07, 6.45) is 0.992. The summed E-state index contributed by atoms with van der Waals surface area (Å²) >= 11 is 0. The lowest BCUT2D eigenvalue weighted by Gasteiger charge is -2.31. The van der Waals surface area contributed by atoms with Crippen molar-refractivity contribution < 1.29 is 5.11 Å². The van der Waals surface area contributed by atoms with Gasteiger partial charge in [-0.1, -0.05) is 25.1 Å². The number of rotatable bonds is 5. The normalized spacial score (nSPS) is 15.0. The molecule has 1 rings (SSSR count). The number of benzene rings is 1. The minimum atomic E-state index is 0.242. The SMILES string of the molecule is CCC(CO)C(c1ccc(C)c(C)c1)N(C)C. The zero-order valence-electron chi connectivity index (χ0n) is 11.7. The van der Waals surface area contributed by atoms with E-state index in [1.807, 2.05) is 0 Å². The van der Waals surface area contributed by atoms with Crippen LogP contribution < -0.4 is 0 Å². The maximum Gasteiger partial charge on any atom is 0.0477 e. The van der Waals surface area contributed by atoms with E-state index in [1.165, 1.54) is 16.7 Å². The highest BCUT2D eigenvalue weighted by Gasteiger charge is 2.23. The molecule has 0 saturated heterocycles. The van der Waals surface area contributed by atoms with Crippen molar-refractivity contribution in [2.75, 3.05) is 20.7 Å². The number of hydrogen-bond donors (Lipinski definition) is 1. The standard InChI is InChI=1S/C15H25NO/c1-6-13(10-17)15(16(4)5)14-8-7-11(2)12(3)9-14/h7-9,13,15,17H,6,10H2,1-5H3. The van der Waals surface area contributed by atoms with Crippen molar-refractivity contribution in [1.82, 2.24) is 4.90 Å². The Morgan fingerprint density at radius 1 is 1.18 bits per heavy atom. The molecule has 96 valence electrons. The molecule has 0 saturated carbocycles. The molecule has 2 atom stereocenters. The minimum Gasteiger partial charge on any atom is -0.396 e. The van der Waals surface area contributed by atoms with Crippen molar-refractivity contribution >= 4 is 0 Å². The van der Waals surface area contributed by atoms with Gasteiger partial charge >= 0.3 is 0 Å².